The molecule has 2 aliphatic heterocycles. The predicted octanol–water partition coefficient (Wildman–Crippen LogP) is 8.07. The number of nitrogens with zero attached hydrogens (tertiary/aromatic N) is 6. The number of carbonyl (C=O) groups is 4. The Morgan fingerprint density at radius 3 is 2.24 bits per heavy atom. The zero-order chi connectivity index (χ0) is 48.9. The molecule has 8 rings (SSSR count). The molecule has 1 saturated heterocycles. The van der Waals surface area contributed by atoms with Crippen LogP contribution in [0.5, 0.6) is 0 Å². The maximum Gasteiger partial charge on any atom is 0.308 e. The van der Waals surface area contributed by atoms with Crippen molar-refractivity contribution in [3.8, 4) is 26.6 Å². The first kappa shape index (κ1) is 48.0. The molecule has 18 heteroatoms. The summed E-state index contributed by atoms with van der Waals surface area (Å²) in [7, 11) is 1.30. The first-order chi connectivity index (χ1) is 32.3. The number of nitrogens with one attached hydrogen (secondary N) is 2. The Bertz CT molecular complexity index is 2970. The topological polar surface area (TPSA) is 181 Å². The van der Waals surface area contributed by atoms with Crippen molar-refractivity contribution in [2.75, 3.05) is 13.7 Å². The maximum atomic E-state index is 16.7. The Morgan fingerprint density at radius 1 is 0.912 bits per heavy atom. The number of likely N-dealkylation sites (tertiary alicyclic amines) is 1. The highest BCUT2D eigenvalue weighted by Crippen LogP contribution is 2.40. The predicted molar refractivity (Wildman–Crippen MR) is 256 cm³/mol. The van der Waals surface area contributed by atoms with E-state index >= 15 is 8.78 Å². The number of aryl methyl sites for hydroxylation is 3. The fourth-order valence-corrected chi connectivity index (χ4v) is 10.8. The molecule has 5 atom stereocenters. The lowest BCUT2D eigenvalue weighted by molar-refractivity contribution is -0.142. The molecule has 5 heterocycles. The number of carbonyl (C=O) groups excluding carboxylic acids is 4. The molecular formula is C50H52F2N8O6S2. The summed E-state index contributed by atoms with van der Waals surface area (Å²) in [6.45, 7) is 14.6. The van der Waals surface area contributed by atoms with Crippen LogP contribution in [0.1, 0.15) is 107 Å². The molecule has 3 aromatic heterocycles. The lowest BCUT2D eigenvalue weighted by Gasteiger charge is -2.35. The van der Waals surface area contributed by atoms with Crippen LogP contribution in [0.25, 0.3) is 26.6 Å². The van der Waals surface area contributed by atoms with Crippen LogP contribution < -0.4 is 10.6 Å². The molecule has 0 bridgehead atoms. The van der Waals surface area contributed by atoms with E-state index in [-0.39, 0.29) is 24.9 Å². The monoisotopic (exact) mass is 962 g/mol. The number of aliphatic hydroxyl groups excluding tert-OH is 1. The average molecular weight is 963 g/mol. The second-order valence-electron chi connectivity index (χ2n) is 18.3. The lowest BCUT2D eigenvalue weighted by Crippen LogP contribution is -2.58. The number of thiophene rings is 1. The molecule has 0 unspecified atom stereocenters. The van der Waals surface area contributed by atoms with Crippen molar-refractivity contribution >= 4 is 52.1 Å². The number of thiazole rings is 1. The third kappa shape index (κ3) is 9.11. The third-order valence-electron chi connectivity index (χ3n) is 12.6. The largest absolute Gasteiger partial charge is 0.469 e. The van der Waals surface area contributed by atoms with E-state index in [2.05, 4.69) is 25.8 Å². The number of amides is 3. The minimum absolute atomic E-state index is 0.0231. The number of aliphatic imine (C=N–C) groups is 1. The number of fused-ring (bicyclic) bond motifs is 3. The van der Waals surface area contributed by atoms with Gasteiger partial charge in [0.05, 0.1) is 58.6 Å². The van der Waals surface area contributed by atoms with Crippen molar-refractivity contribution in [2.24, 2.45) is 10.4 Å². The van der Waals surface area contributed by atoms with Gasteiger partial charge in [0.1, 0.15) is 40.6 Å². The first-order valence-electron chi connectivity index (χ1n) is 22.1. The number of ether oxygens (including phenoxy) is 1. The molecule has 3 amide bonds. The summed E-state index contributed by atoms with van der Waals surface area (Å²) in [6, 6.07) is 12.7. The van der Waals surface area contributed by atoms with Crippen molar-refractivity contribution < 1.29 is 37.8 Å². The van der Waals surface area contributed by atoms with Gasteiger partial charge in [0.2, 0.25) is 11.8 Å². The van der Waals surface area contributed by atoms with Gasteiger partial charge < -0.3 is 25.4 Å². The van der Waals surface area contributed by atoms with Gasteiger partial charge in [-0.05, 0) is 74.4 Å². The van der Waals surface area contributed by atoms with Gasteiger partial charge in [-0.3, -0.25) is 28.7 Å². The highest BCUT2D eigenvalue weighted by molar-refractivity contribution is 7.15. The van der Waals surface area contributed by atoms with Crippen LogP contribution in [0.2, 0.25) is 0 Å². The highest BCUT2D eigenvalue weighted by Gasteiger charge is 2.45. The van der Waals surface area contributed by atoms with E-state index < -0.39 is 82.1 Å². The number of halogens is 2. The summed E-state index contributed by atoms with van der Waals surface area (Å²) in [5.41, 5.74) is 5.70. The van der Waals surface area contributed by atoms with Gasteiger partial charge in [0.15, 0.2) is 5.82 Å². The van der Waals surface area contributed by atoms with Crippen molar-refractivity contribution in [2.45, 2.75) is 98.5 Å². The molecule has 3 aromatic carbocycles. The number of hydrogen-bond acceptors (Lipinski definition) is 12. The molecule has 0 saturated carbocycles. The van der Waals surface area contributed by atoms with E-state index in [0.29, 0.717) is 22.9 Å². The summed E-state index contributed by atoms with van der Waals surface area (Å²) in [5.74, 6) is -3.53. The third-order valence-corrected chi connectivity index (χ3v) is 14.8. The Hall–Kier alpha value is -6.50. The van der Waals surface area contributed by atoms with E-state index in [1.807, 2.05) is 63.5 Å². The van der Waals surface area contributed by atoms with Crippen molar-refractivity contribution in [1.29, 1.82) is 0 Å². The van der Waals surface area contributed by atoms with Crippen LogP contribution in [-0.2, 0) is 19.1 Å². The van der Waals surface area contributed by atoms with E-state index in [9.17, 15) is 24.3 Å². The van der Waals surface area contributed by atoms with Crippen LogP contribution in [0, 0.1) is 44.7 Å². The second kappa shape index (κ2) is 18.9. The molecule has 68 heavy (non-hydrogen) atoms. The smallest absolute Gasteiger partial charge is 0.308 e. The molecular weight excluding hydrogens is 911 g/mol. The van der Waals surface area contributed by atoms with E-state index in [1.54, 1.807) is 49.8 Å². The number of methoxy groups -OCH3 is 1. The Kier molecular flexibility index (Phi) is 13.3. The highest BCUT2D eigenvalue weighted by atomic mass is 32.1. The van der Waals surface area contributed by atoms with Gasteiger partial charge in [0, 0.05) is 29.0 Å². The first-order valence-corrected chi connectivity index (χ1v) is 23.8. The number of rotatable bonds is 11. The quantitative estimate of drug-likeness (QED) is 0.108. The summed E-state index contributed by atoms with van der Waals surface area (Å²) in [5, 5.41) is 25.9. The van der Waals surface area contributed by atoms with Crippen LogP contribution >= 0.6 is 22.7 Å². The Labute approximate surface area is 400 Å². The zero-order valence-corrected chi connectivity index (χ0v) is 40.7. The van der Waals surface area contributed by atoms with Crippen LogP contribution in [-0.4, -0.2) is 91.0 Å². The number of benzene rings is 3. The average Bonchev–Trinajstić information content (AvgIpc) is 4.07. The lowest BCUT2D eigenvalue weighted by atomic mass is 9.85. The number of esters is 1. The van der Waals surface area contributed by atoms with E-state index in [0.717, 1.165) is 54.8 Å². The van der Waals surface area contributed by atoms with Gasteiger partial charge in [-0.25, -0.2) is 13.8 Å². The SMILES string of the molecule is COC(=O)C[C@@H]1N=C(c2ccc(-c3c(F)ccc(C(=O)N[C@H](C(=O)N4C[C@H](O)C[C@H]4C(=O)N[C@@H](C)c4ccc(-c5scnc5C)cc4)C(C)(C)C)c3F)cc2)c2c(sc(C)c2C)-n2c(C)nnc21. The molecule has 3 N–H and O–H groups in total. The van der Waals surface area contributed by atoms with Gasteiger partial charge in [0.25, 0.3) is 5.91 Å². The summed E-state index contributed by atoms with van der Waals surface area (Å²) in [6.07, 6.45) is -1.13. The van der Waals surface area contributed by atoms with E-state index in [4.69, 9.17) is 9.73 Å². The van der Waals surface area contributed by atoms with E-state index in [1.165, 1.54) is 35.5 Å². The van der Waals surface area contributed by atoms with Gasteiger partial charge >= 0.3 is 5.97 Å². The molecule has 1 fully saturated rings. The Balaban J connectivity index is 1.03. The number of aromatic nitrogens is 4. The van der Waals surface area contributed by atoms with Crippen molar-refractivity contribution in [3.05, 3.63) is 128 Å². The minimum Gasteiger partial charge on any atom is -0.469 e. The summed E-state index contributed by atoms with van der Waals surface area (Å²) in [4.78, 5) is 67.7. The molecule has 14 nitrogen and oxygen atoms in total. The Morgan fingerprint density at radius 2 is 1.59 bits per heavy atom. The van der Waals surface area contributed by atoms with Crippen LogP contribution in [0.4, 0.5) is 8.78 Å². The fraction of sp³-hybridized carbons (Fsp3) is 0.360. The van der Waals surface area contributed by atoms with Crippen molar-refractivity contribution in [3.63, 3.8) is 0 Å². The second-order valence-corrected chi connectivity index (χ2v) is 20.4. The minimum atomic E-state index is -1.28. The van der Waals surface area contributed by atoms with Gasteiger partial charge in [-0.15, -0.1) is 32.9 Å². The molecule has 0 radical (unpaired) electrons. The normalized spacial score (nSPS) is 17.7. The van der Waals surface area contributed by atoms with Crippen LogP contribution in [0.3, 0.4) is 0 Å². The summed E-state index contributed by atoms with van der Waals surface area (Å²) >= 11 is 3.08. The molecule has 2 aliphatic rings. The standard InChI is InChI=1S/C50H52F2N8O6S2/c1-24-27(4)68-49-39(24)42(55-36(21-38(62)66-9)45-58-57-28(5)60(45)49)31-14-12-30(13-15-31)40-35(51)19-18-34(41(40)52)46(63)56-44(50(6,7)8)48(65)59-22-33(61)20-37(59)47(64)54-25(2)29-10-16-32(17-11-29)43-26(3)53-23-67-43/h10-19,23,25,33,36-37,44,61H,20-22H2,1-9H3,(H,54,64)(H,56,63)/t25-,33+,36-,37-,44+/m0/s1. The van der Waals surface area contributed by atoms with Gasteiger partial charge in [-0.2, -0.15) is 0 Å². The number of hydrogen-bond donors (Lipinski definition) is 3. The molecule has 0 spiro atoms. The number of aliphatic hydroxyl groups is 1. The summed E-state index contributed by atoms with van der Waals surface area (Å²) < 4.78 is 39.3. The van der Waals surface area contributed by atoms with Gasteiger partial charge in [-0.1, -0.05) is 69.3 Å². The zero-order valence-electron chi connectivity index (χ0n) is 39.1. The molecule has 354 valence electrons. The van der Waals surface area contributed by atoms with Crippen LogP contribution in [0.15, 0.2) is 71.2 Å². The maximum absolute atomic E-state index is 16.7. The fourth-order valence-electron chi connectivity index (χ4n) is 8.78. The van der Waals surface area contributed by atoms with Crippen molar-refractivity contribution in [1.82, 2.24) is 35.3 Å². The number of β-amino-alcohol motifs (C(OH)–C–C–N with tert-alkyl or cyclic N) is 1. The molecule has 0 aliphatic carbocycles. The molecule has 6 aromatic rings.